The SMILES string of the molecule is N#Cc1cccc(CC(=O)c2cc([N+](=O)[O-])ccc2Cl)c1. The Morgan fingerprint density at radius 2 is 2.05 bits per heavy atom. The Bertz CT molecular complexity index is 766. The lowest BCUT2D eigenvalue weighted by atomic mass is 10.0. The van der Waals surface area contributed by atoms with Gasteiger partial charge in [0.1, 0.15) is 0 Å². The second-order valence-corrected chi connectivity index (χ2v) is 4.74. The van der Waals surface area contributed by atoms with E-state index in [1.165, 1.54) is 18.2 Å². The number of non-ortho nitro benzene ring substituents is 1. The zero-order chi connectivity index (χ0) is 15.4. The summed E-state index contributed by atoms with van der Waals surface area (Å²) < 4.78 is 0. The molecule has 0 unspecified atom stereocenters. The van der Waals surface area contributed by atoms with E-state index in [4.69, 9.17) is 16.9 Å². The molecule has 0 aliphatic rings. The number of nitrogens with zero attached hydrogens (tertiary/aromatic N) is 2. The highest BCUT2D eigenvalue weighted by molar-refractivity contribution is 6.34. The quantitative estimate of drug-likeness (QED) is 0.491. The van der Waals surface area contributed by atoms with Crippen molar-refractivity contribution in [1.82, 2.24) is 0 Å². The summed E-state index contributed by atoms with van der Waals surface area (Å²) in [5, 5.41) is 19.7. The third-order valence-electron chi connectivity index (χ3n) is 2.88. The summed E-state index contributed by atoms with van der Waals surface area (Å²) in [6.07, 6.45) is 0.0242. The molecule has 0 heterocycles. The number of hydrogen-bond acceptors (Lipinski definition) is 4. The van der Waals surface area contributed by atoms with Crippen molar-refractivity contribution in [3.05, 3.63) is 74.3 Å². The smallest absolute Gasteiger partial charge is 0.270 e. The molecule has 0 saturated heterocycles. The van der Waals surface area contributed by atoms with E-state index in [9.17, 15) is 14.9 Å². The first kappa shape index (κ1) is 14.7. The number of nitriles is 1. The normalized spacial score (nSPS) is 9.90. The number of Topliss-reactive ketones (excluding diaryl/α,β-unsaturated/α-hetero) is 1. The summed E-state index contributed by atoms with van der Waals surface area (Å²) in [5.74, 6) is -0.334. The van der Waals surface area contributed by atoms with Crippen LogP contribution in [0.2, 0.25) is 5.02 Å². The van der Waals surface area contributed by atoms with Crippen LogP contribution in [0.3, 0.4) is 0 Å². The van der Waals surface area contributed by atoms with Crippen LogP contribution in [-0.2, 0) is 6.42 Å². The van der Waals surface area contributed by atoms with Crippen molar-refractivity contribution in [2.24, 2.45) is 0 Å². The molecule has 0 atom stereocenters. The third-order valence-corrected chi connectivity index (χ3v) is 3.21. The number of carbonyl (C=O) groups is 1. The minimum atomic E-state index is -0.580. The lowest BCUT2D eigenvalue weighted by Crippen LogP contribution is -2.05. The summed E-state index contributed by atoms with van der Waals surface area (Å²) in [5.41, 5.74) is 1.02. The van der Waals surface area contributed by atoms with Gasteiger partial charge in [0.2, 0.25) is 0 Å². The van der Waals surface area contributed by atoms with Gasteiger partial charge in [0.15, 0.2) is 5.78 Å². The molecule has 0 saturated carbocycles. The molecule has 0 amide bonds. The Morgan fingerprint density at radius 3 is 2.71 bits per heavy atom. The van der Waals surface area contributed by atoms with Crippen molar-refractivity contribution >= 4 is 23.1 Å². The lowest BCUT2D eigenvalue weighted by molar-refractivity contribution is -0.384. The average Bonchev–Trinajstić information content (AvgIpc) is 2.47. The van der Waals surface area contributed by atoms with E-state index in [1.54, 1.807) is 24.3 Å². The predicted molar refractivity (Wildman–Crippen MR) is 77.3 cm³/mol. The Kier molecular flexibility index (Phi) is 4.31. The monoisotopic (exact) mass is 300 g/mol. The number of carbonyl (C=O) groups excluding carboxylic acids is 1. The van der Waals surface area contributed by atoms with Gasteiger partial charge in [0.25, 0.3) is 5.69 Å². The third kappa shape index (κ3) is 3.44. The van der Waals surface area contributed by atoms with Gasteiger partial charge in [-0.3, -0.25) is 14.9 Å². The van der Waals surface area contributed by atoms with Crippen molar-refractivity contribution in [2.45, 2.75) is 6.42 Å². The number of nitro groups is 1. The number of benzene rings is 2. The number of ketones is 1. The summed E-state index contributed by atoms with van der Waals surface area (Å²) >= 11 is 5.92. The minimum absolute atomic E-state index is 0.0242. The van der Waals surface area contributed by atoms with Crippen molar-refractivity contribution in [1.29, 1.82) is 5.26 Å². The fraction of sp³-hybridized carbons (Fsp3) is 0.0667. The molecule has 0 bridgehead atoms. The van der Waals surface area contributed by atoms with Gasteiger partial charge in [-0.1, -0.05) is 23.7 Å². The van der Waals surface area contributed by atoms with Crippen molar-refractivity contribution in [3.63, 3.8) is 0 Å². The van der Waals surface area contributed by atoms with E-state index in [1.807, 2.05) is 6.07 Å². The number of halogens is 1. The van der Waals surface area contributed by atoms with Crippen LogP contribution < -0.4 is 0 Å². The molecule has 0 aromatic heterocycles. The Balaban J connectivity index is 2.30. The molecule has 6 heteroatoms. The van der Waals surface area contributed by atoms with E-state index in [0.717, 1.165) is 0 Å². The molecule has 0 spiro atoms. The summed E-state index contributed by atoms with van der Waals surface area (Å²) in [6.45, 7) is 0. The second-order valence-electron chi connectivity index (χ2n) is 4.33. The molecule has 0 fully saturated rings. The molecule has 2 aromatic rings. The maximum Gasteiger partial charge on any atom is 0.270 e. The highest BCUT2D eigenvalue weighted by Crippen LogP contribution is 2.23. The van der Waals surface area contributed by atoms with Crippen LogP contribution in [0, 0.1) is 21.4 Å². The maximum absolute atomic E-state index is 12.2. The molecule has 0 N–H and O–H groups in total. The predicted octanol–water partition coefficient (Wildman–Crippen LogP) is 3.55. The van der Waals surface area contributed by atoms with Gasteiger partial charge in [0.05, 0.1) is 21.6 Å². The van der Waals surface area contributed by atoms with E-state index in [-0.39, 0.29) is 28.5 Å². The van der Waals surface area contributed by atoms with Gasteiger partial charge in [-0.25, -0.2) is 0 Å². The Morgan fingerprint density at radius 1 is 1.29 bits per heavy atom. The molecule has 2 aromatic carbocycles. The molecule has 2 rings (SSSR count). The largest absolute Gasteiger partial charge is 0.294 e. The fourth-order valence-corrected chi connectivity index (χ4v) is 2.09. The van der Waals surface area contributed by atoms with Gasteiger partial charge >= 0.3 is 0 Å². The van der Waals surface area contributed by atoms with E-state index < -0.39 is 4.92 Å². The second kappa shape index (κ2) is 6.16. The topological polar surface area (TPSA) is 84.0 Å². The standard InChI is InChI=1S/C15H9ClN2O3/c16-14-5-4-12(18(20)21)8-13(14)15(19)7-10-2-1-3-11(6-10)9-17/h1-6,8H,7H2. The van der Waals surface area contributed by atoms with Gasteiger partial charge in [-0.15, -0.1) is 0 Å². The lowest BCUT2D eigenvalue weighted by Gasteiger charge is -2.04. The molecular formula is C15H9ClN2O3. The first-order valence-corrected chi connectivity index (χ1v) is 6.35. The van der Waals surface area contributed by atoms with E-state index in [2.05, 4.69) is 0 Å². The zero-order valence-corrected chi connectivity index (χ0v) is 11.5. The fourth-order valence-electron chi connectivity index (χ4n) is 1.87. The molecule has 21 heavy (non-hydrogen) atoms. The number of rotatable bonds is 4. The molecule has 104 valence electrons. The van der Waals surface area contributed by atoms with Crippen LogP contribution in [0.1, 0.15) is 21.5 Å². The highest BCUT2D eigenvalue weighted by Gasteiger charge is 2.16. The maximum atomic E-state index is 12.2. The zero-order valence-electron chi connectivity index (χ0n) is 10.7. The van der Waals surface area contributed by atoms with E-state index in [0.29, 0.717) is 11.1 Å². The summed E-state index contributed by atoms with van der Waals surface area (Å²) in [4.78, 5) is 22.4. The van der Waals surface area contributed by atoms with Crippen LogP contribution >= 0.6 is 11.6 Å². The summed E-state index contributed by atoms with van der Waals surface area (Å²) in [7, 11) is 0. The van der Waals surface area contributed by atoms with Crippen molar-refractivity contribution in [2.75, 3.05) is 0 Å². The molecule has 0 radical (unpaired) electrons. The molecular weight excluding hydrogens is 292 g/mol. The van der Waals surface area contributed by atoms with Crippen LogP contribution in [0.5, 0.6) is 0 Å². The molecule has 0 aliphatic heterocycles. The number of nitro benzene ring substituents is 1. The average molecular weight is 301 g/mol. The minimum Gasteiger partial charge on any atom is -0.294 e. The van der Waals surface area contributed by atoms with Crippen LogP contribution in [-0.4, -0.2) is 10.7 Å². The van der Waals surface area contributed by atoms with Crippen LogP contribution in [0.25, 0.3) is 0 Å². The first-order chi connectivity index (χ1) is 10.0. The Hall–Kier alpha value is -2.71. The van der Waals surface area contributed by atoms with Gasteiger partial charge in [0, 0.05) is 24.1 Å². The molecule has 0 aliphatic carbocycles. The molecule has 5 nitrogen and oxygen atoms in total. The van der Waals surface area contributed by atoms with Crippen LogP contribution in [0.4, 0.5) is 5.69 Å². The van der Waals surface area contributed by atoms with Crippen molar-refractivity contribution in [3.8, 4) is 6.07 Å². The van der Waals surface area contributed by atoms with Gasteiger partial charge in [-0.2, -0.15) is 5.26 Å². The summed E-state index contributed by atoms with van der Waals surface area (Å²) in [6, 6.07) is 12.4. The first-order valence-electron chi connectivity index (χ1n) is 5.97. The van der Waals surface area contributed by atoms with Gasteiger partial charge in [-0.05, 0) is 23.8 Å². The Labute approximate surface area is 125 Å². The number of hydrogen-bond donors (Lipinski definition) is 0. The van der Waals surface area contributed by atoms with Gasteiger partial charge < -0.3 is 0 Å². The van der Waals surface area contributed by atoms with E-state index >= 15 is 0 Å². The van der Waals surface area contributed by atoms with Crippen molar-refractivity contribution < 1.29 is 9.72 Å². The van der Waals surface area contributed by atoms with Crippen LogP contribution in [0.15, 0.2) is 42.5 Å². The highest BCUT2D eigenvalue weighted by atomic mass is 35.5.